The van der Waals surface area contributed by atoms with E-state index in [1.807, 2.05) is 30.6 Å². The Labute approximate surface area is 106 Å². The molecule has 0 saturated heterocycles. The van der Waals surface area contributed by atoms with Gasteiger partial charge in [0.1, 0.15) is 0 Å². The lowest BCUT2D eigenvalue weighted by Crippen LogP contribution is -2.33. The van der Waals surface area contributed by atoms with E-state index in [4.69, 9.17) is 0 Å². The molecule has 3 rings (SSSR count). The molecule has 0 unspecified atom stereocenters. The van der Waals surface area contributed by atoms with Crippen molar-refractivity contribution in [3.63, 3.8) is 0 Å². The summed E-state index contributed by atoms with van der Waals surface area (Å²) in [4.78, 5) is 8.01. The third-order valence-corrected chi connectivity index (χ3v) is 3.26. The number of aromatic amines is 1. The first-order valence-electron chi connectivity index (χ1n) is 6.12. The lowest BCUT2D eigenvalue weighted by atomic mass is 10.1. The standard InChI is InChI=1S/C15H16N3/c1-11-8-13-14(9-12(11)2)17-15(16-13)10-18-6-4-3-5-7-18/h3-9H,10H2,1-2H3,(H,16,17)/q+1. The van der Waals surface area contributed by atoms with Crippen molar-refractivity contribution < 1.29 is 4.57 Å². The number of hydrogen-bond donors (Lipinski definition) is 1. The number of fused-ring (bicyclic) bond motifs is 1. The molecular formula is C15H16N3+. The van der Waals surface area contributed by atoms with Gasteiger partial charge in [-0.1, -0.05) is 6.07 Å². The van der Waals surface area contributed by atoms with E-state index in [0.717, 1.165) is 23.4 Å². The van der Waals surface area contributed by atoms with Crippen molar-refractivity contribution in [2.45, 2.75) is 20.4 Å². The van der Waals surface area contributed by atoms with Crippen molar-refractivity contribution in [2.24, 2.45) is 0 Å². The Hall–Kier alpha value is -2.16. The third kappa shape index (κ3) is 1.99. The van der Waals surface area contributed by atoms with Gasteiger partial charge in [-0.15, -0.1) is 0 Å². The average Bonchev–Trinajstić information content (AvgIpc) is 2.72. The maximum atomic E-state index is 4.63. The minimum Gasteiger partial charge on any atom is -0.337 e. The van der Waals surface area contributed by atoms with Gasteiger partial charge in [0.15, 0.2) is 18.2 Å². The van der Waals surface area contributed by atoms with Gasteiger partial charge in [-0.25, -0.2) is 4.98 Å². The van der Waals surface area contributed by atoms with E-state index in [1.54, 1.807) is 0 Å². The summed E-state index contributed by atoms with van der Waals surface area (Å²) < 4.78 is 2.11. The minimum atomic E-state index is 0.771. The van der Waals surface area contributed by atoms with Crippen molar-refractivity contribution in [1.29, 1.82) is 0 Å². The monoisotopic (exact) mass is 238 g/mol. The van der Waals surface area contributed by atoms with E-state index in [1.165, 1.54) is 11.1 Å². The fourth-order valence-corrected chi connectivity index (χ4v) is 2.11. The summed E-state index contributed by atoms with van der Waals surface area (Å²) in [5.74, 6) is 0.992. The number of imidazole rings is 1. The topological polar surface area (TPSA) is 32.6 Å². The molecule has 2 aromatic heterocycles. The second kappa shape index (κ2) is 4.26. The first kappa shape index (κ1) is 11.0. The Morgan fingerprint density at radius 2 is 1.78 bits per heavy atom. The Balaban J connectivity index is 1.99. The van der Waals surface area contributed by atoms with Gasteiger partial charge in [0.2, 0.25) is 6.54 Å². The van der Waals surface area contributed by atoms with Crippen LogP contribution in [0.3, 0.4) is 0 Å². The van der Waals surface area contributed by atoms with Crippen LogP contribution in [0.25, 0.3) is 11.0 Å². The van der Waals surface area contributed by atoms with Crippen LogP contribution in [0.4, 0.5) is 0 Å². The number of rotatable bonds is 2. The van der Waals surface area contributed by atoms with Crippen LogP contribution in [-0.2, 0) is 6.54 Å². The maximum absolute atomic E-state index is 4.63. The first-order valence-corrected chi connectivity index (χ1v) is 6.12. The van der Waals surface area contributed by atoms with Gasteiger partial charge in [-0.2, -0.15) is 4.57 Å². The average molecular weight is 238 g/mol. The van der Waals surface area contributed by atoms with Gasteiger partial charge < -0.3 is 4.98 Å². The van der Waals surface area contributed by atoms with Gasteiger partial charge in [0.05, 0.1) is 11.0 Å². The molecule has 0 amide bonds. The predicted molar refractivity (Wildman–Crippen MR) is 71.3 cm³/mol. The van der Waals surface area contributed by atoms with Crippen LogP contribution in [0.5, 0.6) is 0 Å². The number of pyridine rings is 1. The zero-order chi connectivity index (χ0) is 12.5. The Morgan fingerprint density at radius 3 is 2.56 bits per heavy atom. The van der Waals surface area contributed by atoms with Crippen LogP contribution in [0.2, 0.25) is 0 Å². The second-order valence-electron chi connectivity index (χ2n) is 4.68. The quantitative estimate of drug-likeness (QED) is 0.684. The summed E-state index contributed by atoms with van der Waals surface area (Å²) in [5.41, 5.74) is 4.74. The molecule has 0 bridgehead atoms. The number of hydrogen-bond acceptors (Lipinski definition) is 1. The molecule has 90 valence electrons. The van der Waals surface area contributed by atoms with E-state index in [-0.39, 0.29) is 0 Å². The van der Waals surface area contributed by atoms with Crippen LogP contribution in [0, 0.1) is 13.8 Å². The highest BCUT2D eigenvalue weighted by molar-refractivity contribution is 5.77. The van der Waals surface area contributed by atoms with Crippen LogP contribution >= 0.6 is 0 Å². The zero-order valence-corrected chi connectivity index (χ0v) is 10.6. The number of nitrogens with one attached hydrogen (secondary N) is 1. The van der Waals surface area contributed by atoms with Gasteiger partial charge in [-0.3, -0.25) is 0 Å². The van der Waals surface area contributed by atoms with Crippen LogP contribution in [0.1, 0.15) is 17.0 Å². The molecule has 0 atom stereocenters. The lowest BCUT2D eigenvalue weighted by molar-refractivity contribution is -0.689. The number of H-pyrrole nitrogens is 1. The molecule has 0 spiro atoms. The second-order valence-corrected chi connectivity index (χ2v) is 4.68. The lowest BCUT2D eigenvalue weighted by Gasteiger charge is -1.97. The summed E-state index contributed by atoms with van der Waals surface area (Å²) in [5, 5.41) is 0. The van der Waals surface area contributed by atoms with Gasteiger partial charge in [-0.05, 0) is 37.1 Å². The molecule has 3 nitrogen and oxygen atoms in total. The predicted octanol–water partition coefficient (Wildman–Crippen LogP) is 2.52. The SMILES string of the molecule is Cc1cc2nc(C[n+]3ccccc3)[nH]c2cc1C. The zero-order valence-electron chi connectivity index (χ0n) is 10.6. The van der Waals surface area contributed by atoms with Crippen molar-refractivity contribution in [3.8, 4) is 0 Å². The molecule has 0 fully saturated rings. The van der Waals surface area contributed by atoms with Gasteiger partial charge in [0.25, 0.3) is 0 Å². The third-order valence-electron chi connectivity index (χ3n) is 3.26. The molecule has 1 aromatic carbocycles. The van der Waals surface area contributed by atoms with Gasteiger partial charge in [0, 0.05) is 12.1 Å². The van der Waals surface area contributed by atoms with E-state index < -0.39 is 0 Å². The normalized spacial score (nSPS) is 11.0. The van der Waals surface area contributed by atoms with Crippen molar-refractivity contribution in [3.05, 3.63) is 59.7 Å². The van der Waals surface area contributed by atoms with Crippen molar-refractivity contribution in [2.75, 3.05) is 0 Å². The molecule has 0 aliphatic rings. The Morgan fingerprint density at radius 1 is 1.06 bits per heavy atom. The molecular weight excluding hydrogens is 222 g/mol. The minimum absolute atomic E-state index is 0.771. The highest BCUT2D eigenvalue weighted by Crippen LogP contribution is 2.17. The number of aryl methyl sites for hydroxylation is 2. The fraction of sp³-hybridized carbons (Fsp3) is 0.200. The number of nitrogens with zero attached hydrogens (tertiary/aromatic N) is 2. The highest BCUT2D eigenvalue weighted by Gasteiger charge is 2.08. The van der Waals surface area contributed by atoms with E-state index in [2.05, 4.69) is 40.5 Å². The van der Waals surface area contributed by atoms with Gasteiger partial charge >= 0.3 is 0 Å². The van der Waals surface area contributed by atoms with Crippen molar-refractivity contribution in [1.82, 2.24) is 9.97 Å². The van der Waals surface area contributed by atoms with E-state index >= 15 is 0 Å². The van der Waals surface area contributed by atoms with E-state index in [0.29, 0.717) is 0 Å². The summed E-state index contributed by atoms with van der Waals surface area (Å²) in [6.07, 6.45) is 4.09. The Bertz CT molecular complexity index is 645. The number of benzene rings is 1. The molecule has 0 aliphatic carbocycles. The summed E-state index contributed by atoms with van der Waals surface area (Å²) in [6.45, 7) is 5.02. The Kier molecular flexibility index (Phi) is 2.59. The molecule has 18 heavy (non-hydrogen) atoms. The molecule has 0 saturated carbocycles. The van der Waals surface area contributed by atoms with E-state index in [9.17, 15) is 0 Å². The molecule has 2 heterocycles. The molecule has 0 aliphatic heterocycles. The van der Waals surface area contributed by atoms with Crippen LogP contribution < -0.4 is 4.57 Å². The molecule has 0 radical (unpaired) electrons. The molecule has 3 heteroatoms. The molecule has 1 N–H and O–H groups in total. The summed E-state index contributed by atoms with van der Waals surface area (Å²) in [6, 6.07) is 10.4. The first-order chi connectivity index (χ1) is 8.72. The fourth-order valence-electron chi connectivity index (χ4n) is 2.11. The smallest absolute Gasteiger partial charge is 0.205 e. The van der Waals surface area contributed by atoms with Crippen molar-refractivity contribution >= 4 is 11.0 Å². The number of aromatic nitrogens is 3. The summed E-state index contributed by atoms with van der Waals surface area (Å²) in [7, 11) is 0. The highest BCUT2D eigenvalue weighted by atomic mass is 15.0. The molecule has 3 aromatic rings. The maximum Gasteiger partial charge on any atom is 0.205 e. The van der Waals surface area contributed by atoms with Crippen LogP contribution in [-0.4, -0.2) is 9.97 Å². The largest absolute Gasteiger partial charge is 0.337 e. The van der Waals surface area contributed by atoms with Crippen LogP contribution in [0.15, 0.2) is 42.7 Å². The summed E-state index contributed by atoms with van der Waals surface area (Å²) >= 11 is 0.